The molecule has 3 aromatic heterocycles. The van der Waals surface area contributed by atoms with Gasteiger partial charge in [0.1, 0.15) is 10.0 Å². The van der Waals surface area contributed by atoms with E-state index in [0.29, 0.717) is 10.6 Å². The molecule has 0 atom stereocenters. The van der Waals surface area contributed by atoms with Gasteiger partial charge in [0.25, 0.3) is 11.8 Å². The van der Waals surface area contributed by atoms with Crippen LogP contribution in [0.2, 0.25) is 0 Å². The van der Waals surface area contributed by atoms with Crippen LogP contribution in [0.1, 0.15) is 43.0 Å². The summed E-state index contributed by atoms with van der Waals surface area (Å²) in [7, 11) is 3.23. The van der Waals surface area contributed by atoms with Crippen molar-refractivity contribution in [3.63, 3.8) is 0 Å². The molecule has 3 rings (SSSR count). The Balaban J connectivity index is 1.68. The highest BCUT2D eigenvalue weighted by Gasteiger charge is 2.26. The standard InChI is InChI=1S/C20H21N5O6S2/c1-5-30-20(29)14-10(2)15(16(27)21-3)33-18(14)24-13(26)8-31-19(28)12-9-32-17(23-12)11-6-22-25(4)7-11/h6-7,9H,5,8H2,1-4H3,(H,21,27)(H,24,26). The first kappa shape index (κ1) is 24.1. The van der Waals surface area contributed by atoms with E-state index < -0.39 is 30.4 Å². The van der Waals surface area contributed by atoms with E-state index in [0.717, 1.165) is 16.9 Å². The maximum absolute atomic E-state index is 12.4. The molecule has 0 saturated heterocycles. The lowest BCUT2D eigenvalue weighted by atomic mass is 10.1. The van der Waals surface area contributed by atoms with Crippen LogP contribution in [0.5, 0.6) is 0 Å². The first-order chi connectivity index (χ1) is 15.7. The van der Waals surface area contributed by atoms with E-state index in [1.54, 1.807) is 38.0 Å². The Bertz CT molecular complexity index is 1210. The molecule has 0 bridgehead atoms. The molecule has 0 aliphatic rings. The number of thiophene rings is 1. The van der Waals surface area contributed by atoms with Gasteiger partial charge in [-0.25, -0.2) is 14.6 Å². The van der Waals surface area contributed by atoms with E-state index in [2.05, 4.69) is 20.7 Å². The Kier molecular flexibility index (Phi) is 7.55. The van der Waals surface area contributed by atoms with Crippen LogP contribution in [0.15, 0.2) is 17.8 Å². The van der Waals surface area contributed by atoms with E-state index in [-0.39, 0.29) is 27.7 Å². The zero-order chi connectivity index (χ0) is 24.1. The van der Waals surface area contributed by atoms with Gasteiger partial charge in [-0.2, -0.15) is 5.10 Å². The van der Waals surface area contributed by atoms with Gasteiger partial charge >= 0.3 is 11.9 Å². The van der Waals surface area contributed by atoms with Crippen LogP contribution in [0.3, 0.4) is 0 Å². The highest BCUT2D eigenvalue weighted by Crippen LogP contribution is 2.33. The molecular weight excluding hydrogens is 470 g/mol. The minimum Gasteiger partial charge on any atom is -0.462 e. The molecule has 0 aliphatic heterocycles. The van der Waals surface area contributed by atoms with Crippen molar-refractivity contribution in [1.29, 1.82) is 0 Å². The van der Waals surface area contributed by atoms with Crippen LogP contribution in [-0.2, 0) is 21.3 Å². The monoisotopic (exact) mass is 491 g/mol. The van der Waals surface area contributed by atoms with Crippen molar-refractivity contribution in [2.24, 2.45) is 7.05 Å². The normalized spacial score (nSPS) is 10.5. The summed E-state index contributed by atoms with van der Waals surface area (Å²) < 4.78 is 11.7. The quantitative estimate of drug-likeness (QED) is 0.457. The van der Waals surface area contributed by atoms with E-state index in [1.807, 2.05) is 0 Å². The summed E-state index contributed by atoms with van der Waals surface area (Å²) in [6.07, 6.45) is 3.39. The molecule has 0 radical (unpaired) electrons. The van der Waals surface area contributed by atoms with Crippen LogP contribution in [0, 0.1) is 6.92 Å². The van der Waals surface area contributed by atoms with E-state index in [9.17, 15) is 19.2 Å². The van der Waals surface area contributed by atoms with Gasteiger partial charge in [0, 0.05) is 31.2 Å². The minimum absolute atomic E-state index is 0.0627. The van der Waals surface area contributed by atoms with Crippen molar-refractivity contribution in [2.75, 3.05) is 25.6 Å². The third kappa shape index (κ3) is 5.43. The fourth-order valence-electron chi connectivity index (χ4n) is 2.78. The van der Waals surface area contributed by atoms with E-state index in [1.165, 1.54) is 23.8 Å². The number of anilines is 1. The lowest BCUT2D eigenvalue weighted by Crippen LogP contribution is -2.22. The van der Waals surface area contributed by atoms with E-state index >= 15 is 0 Å². The SMILES string of the molecule is CCOC(=O)c1c(NC(=O)COC(=O)c2csc(-c3cnn(C)c3)n2)sc(C(=O)NC)c1C. The zero-order valence-corrected chi connectivity index (χ0v) is 19.9. The molecule has 3 aromatic rings. The molecule has 0 fully saturated rings. The van der Waals surface area contributed by atoms with Gasteiger partial charge in [-0.1, -0.05) is 0 Å². The van der Waals surface area contributed by atoms with Gasteiger partial charge in [-0.05, 0) is 19.4 Å². The largest absolute Gasteiger partial charge is 0.462 e. The first-order valence-corrected chi connectivity index (χ1v) is 11.4. The number of hydrogen-bond donors (Lipinski definition) is 2. The van der Waals surface area contributed by atoms with Gasteiger partial charge in [-0.3, -0.25) is 14.3 Å². The number of esters is 2. The second kappa shape index (κ2) is 10.4. The number of aromatic nitrogens is 3. The van der Waals surface area contributed by atoms with Crippen LogP contribution in [-0.4, -0.2) is 58.8 Å². The number of thiazole rings is 1. The van der Waals surface area contributed by atoms with Crippen LogP contribution in [0.25, 0.3) is 10.6 Å². The fourth-order valence-corrected chi connectivity index (χ4v) is 4.70. The zero-order valence-electron chi connectivity index (χ0n) is 18.3. The summed E-state index contributed by atoms with van der Waals surface area (Å²) in [4.78, 5) is 53.6. The molecule has 11 nitrogen and oxygen atoms in total. The topological polar surface area (TPSA) is 142 Å². The smallest absolute Gasteiger partial charge is 0.358 e. The number of hydrogen-bond acceptors (Lipinski definition) is 10. The van der Waals surface area contributed by atoms with E-state index in [4.69, 9.17) is 9.47 Å². The summed E-state index contributed by atoms with van der Waals surface area (Å²) in [6.45, 7) is 2.76. The summed E-state index contributed by atoms with van der Waals surface area (Å²) in [5, 5.41) is 11.3. The van der Waals surface area contributed by atoms with Gasteiger partial charge < -0.3 is 20.1 Å². The third-order valence-corrected chi connectivity index (χ3v) is 6.41. The molecule has 13 heteroatoms. The van der Waals surface area contributed by atoms with Crippen LogP contribution in [0.4, 0.5) is 5.00 Å². The van der Waals surface area contributed by atoms with Crippen molar-refractivity contribution in [3.8, 4) is 10.6 Å². The summed E-state index contributed by atoms with van der Waals surface area (Å²) in [5.74, 6) is -2.51. The average Bonchev–Trinajstić information content (AvgIpc) is 3.50. The van der Waals surface area contributed by atoms with Crippen LogP contribution < -0.4 is 10.6 Å². The third-order valence-electron chi connectivity index (χ3n) is 4.31. The Labute approximate surface area is 196 Å². The maximum Gasteiger partial charge on any atom is 0.358 e. The molecule has 2 N–H and O–H groups in total. The second-order valence-electron chi connectivity index (χ2n) is 6.62. The number of amides is 2. The highest BCUT2D eigenvalue weighted by molar-refractivity contribution is 7.18. The number of carbonyl (C=O) groups excluding carboxylic acids is 4. The van der Waals surface area contributed by atoms with Gasteiger partial charge in [-0.15, -0.1) is 22.7 Å². The Morgan fingerprint density at radius 2 is 1.94 bits per heavy atom. The number of nitrogens with one attached hydrogen (secondary N) is 2. The Hall–Kier alpha value is -3.58. The predicted molar refractivity (Wildman–Crippen MR) is 122 cm³/mol. The van der Waals surface area contributed by atoms with Gasteiger partial charge in [0.05, 0.1) is 23.2 Å². The van der Waals surface area contributed by atoms with Gasteiger partial charge in [0.15, 0.2) is 12.3 Å². The molecule has 0 aliphatic carbocycles. The summed E-state index contributed by atoms with van der Waals surface area (Å²) in [5.41, 5.74) is 1.29. The molecule has 0 saturated carbocycles. The Morgan fingerprint density at radius 3 is 2.58 bits per heavy atom. The molecule has 0 spiro atoms. The lowest BCUT2D eigenvalue weighted by Gasteiger charge is -2.07. The maximum atomic E-state index is 12.4. The van der Waals surface area contributed by atoms with Crippen LogP contribution >= 0.6 is 22.7 Å². The van der Waals surface area contributed by atoms with Crippen molar-refractivity contribution >= 4 is 51.4 Å². The lowest BCUT2D eigenvalue weighted by molar-refractivity contribution is -0.119. The predicted octanol–water partition coefficient (Wildman–Crippen LogP) is 2.25. The molecule has 0 unspecified atom stereocenters. The average molecular weight is 492 g/mol. The van der Waals surface area contributed by atoms with Crippen molar-refractivity contribution in [1.82, 2.24) is 20.1 Å². The molecule has 3 heterocycles. The molecule has 174 valence electrons. The number of carbonyl (C=O) groups is 4. The first-order valence-electron chi connectivity index (χ1n) is 9.69. The van der Waals surface area contributed by atoms with Crippen molar-refractivity contribution < 1.29 is 28.7 Å². The van der Waals surface area contributed by atoms with Crippen molar-refractivity contribution in [3.05, 3.63) is 39.5 Å². The minimum atomic E-state index is -0.768. The number of rotatable bonds is 8. The van der Waals surface area contributed by atoms with Gasteiger partial charge in [0.2, 0.25) is 0 Å². The molecular formula is C20H21N5O6S2. The Morgan fingerprint density at radius 1 is 1.18 bits per heavy atom. The molecule has 2 amide bonds. The summed E-state index contributed by atoms with van der Waals surface area (Å²) >= 11 is 2.18. The number of aryl methyl sites for hydroxylation is 1. The highest BCUT2D eigenvalue weighted by atomic mass is 32.1. The number of nitrogens with zero attached hydrogens (tertiary/aromatic N) is 3. The number of ether oxygens (including phenoxy) is 2. The van der Waals surface area contributed by atoms with Crippen molar-refractivity contribution in [2.45, 2.75) is 13.8 Å². The molecule has 33 heavy (non-hydrogen) atoms. The fraction of sp³-hybridized carbons (Fsp3) is 0.300. The summed E-state index contributed by atoms with van der Waals surface area (Å²) in [6, 6.07) is 0. The molecule has 0 aromatic carbocycles. The second-order valence-corrected chi connectivity index (χ2v) is 8.50.